The lowest BCUT2D eigenvalue weighted by Gasteiger charge is -2.25. The van der Waals surface area contributed by atoms with Gasteiger partial charge in [-0.05, 0) is 60.2 Å². The maximum Gasteiger partial charge on any atom is 0.248 e. The first-order chi connectivity index (χ1) is 15.8. The second kappa shape index (κ2) is 8.63. The lowest BCUT2D eigenvalue weighted by Crippen LogP contribution is -2.09. The van der Waals surface area contributed by atoms with Gasteiger partial charge in [-0.3, -0.25) is 0 Å². The van der Waals surface area contributed by atoms with E-state index in [1.807, 2.05) is 72.8 Å². The maximum atomic E-state index is 7.60. The van der Waals surface area contributed by atoms with Crippen LogP contribution in [0.3, 0.4) is 0 Å². The molecule has 0 bridgehead atoms. The monoisotopic (exact) mass is 413 g/mol. The number of aromatic nitrogens is 1. The third-order valence-corrected chi connectivity index (χ3v) is 5.12. The third-order valence-electron chi connectivity index (χ3n) is 5.12. The molecule has 0 saturated heterocycles. The average molecular weight is 413 g/mol. The number of rotatable bonds is 5. The summed E-state index contributed by atoms with van der Waals surface area (Å²) < 4.78 is 5.77. The number of benzene rings is 4. The second-order valence-electron chi connectivity index (χ2n) is 7.23. The molecule has 4 nitrogen and oxygen atoms in total. The molecule has 5 aromatic rings. The van der Waals surface area contributed by atoms with Crippen LogP contribution in [-0.4, -0.2) is 4.98 Å². The van der Waals surface area contributed by atoms with Crippen molar-refractivity contribution >= 4 is 39.9 Å². The van der Waals surface area contributed by atoms with E-state index < -0.39 is 0 Å². The van der Waals surface area contributed by atoms with Crippen molar-refractivity contribution in [1.82, 2.24) is 4.98 Å². The van der Waals surface area contributed by atoms with Gasteiger partial charge in [-0.15, -0.1) is 0 Å². The molecule has 0 saturated carbocycles. The molecule has 0 aliphatic heterocycles. The minimum atomic E-state index is 0.334. The number of hydrogen-bond donors (Lipinski definition) is 0. The molecular weight excluding hydrogens is 394 g/mol. The van der Waals surface area contributed by atoms with Crippen LogP contribution in [0, 0.1) is 6.57 Å². The van der Waals surface area contributed by atoms with Crippen molar-refractivity contribution in [3.63, 3.8) is 0 Å². The van der Waals surface area contributed by atoms with Gasteiger partial charge in [0.2, 0.25) is 11.6 Å². The third kappa shape index (κ3) is 3.88. The van der Waals surface area contributed by atoms with E-state index in [0.717, 1.165) is 28.1 Å². The summed E-state index contributed by atoms with van der Waals surface area (Å²) in [5.41, 5.74) is 5.89. The van der Waals surface area contributed by atoms with Crippen molar-refractivity contribution in [3.8, 4) is 0 Å². The van der Waals surface area contributed by atoms with Gasteiger partial charge in [-0.1, -0.05) is 60.7 Å². The largest absolute Gasteiger partial charge is 0.447 e. The molecule has 0 atom stereocenters. The van der Waals surface area contributed by atoms with Gasteiger partial charge in [0.1, 0.15) is 5.52 Å². The van der Waals surface area contributed by atoms with Crippen LogP contribution in [0.4, 0.5) is 17.1 Å². The Hall–Kier alpha value is -4.62. The highest BCUT2D eigenvalue weighted by atomic mass is 16.3. The van der Waals surface area contributed by atoms with Crippen molar-refractivity contribution in [2.75, 3.05) is 4.90 Å². The molecule has 0 aliphatic carbocycles. The Morgan fingerprint density at radius 1 is 0.719 bits per heavy atom. The molecule has 0 radical (unpaired) electrons. The Morgan fingerprint density at radius 3 is 1.88 bits per heavy atom. The summed E-state index contributed by atoms with van der Waals surface area (Å²) in [7, 11) is 0. The van der Waals surface area contributed by atoms with Gasteiger partial charge in [0.25, 0.3) is 0 Å². The van der Waals surface area contributed by atoms with Crippen LogP contribution in [0.15, 0.2) is 114 Å². The molecule has 1 aromatic heterocycles. The summed E-state index contributed by atoms with van der Waals surface area (Å²) in [5, 5.41) is 0. The number of anilines is 3. The Kier molecular flexibility index (Phi) is 5.22. The molecule has 0 fully saturated rings. The van der Waals surface area contributed by atoms with Crippen LogP contribution >= 0.6 is 0 Å². The Balaban J connectivity index is 1.50. The maximum absolute atomic E-state index is 7.60. The molecule has 4 aromatic carbocycles. The fourth-order valence-corrected chi connectivity index (χ4v) is 3.60. The summed E-state index contributed by atoms with van der Waals surface area (Å²) in [6.07, 6.45) is 1.80. The predicted octanol–water partition coefficient (Wildman–Crippen LogP) is 7.71. The number of hydrogen-bond acceptors (Lipinski definition) is 3. The Morgan fingerprint density at radius 2 is 1.28 bits per heavy atom. The molecule has 4 heteroatoms. The Bertz CT molecular complexity index is 1340. The number of fused-ring (bicyclic) bond motifs is 1. The predicted molar refractivity (Wildman–Crippen MR) is 130 cm³/mol. The highest BCUT2D eigenvalue weighted by molar-refractivity contribution is 5.86. The van der Waals surface area contributed by atoms with Gasteiger partial charge in [-0.25, -0.2) is 9.83 Å². The summed E-state index contributed by atoms with van der Waals surface area (Å²) in [6.45, 7) is 7.60. The van der Waals surface area contributed by atoms with Gasteiger partial charge in [-0.2, -0.15) is 0 Å². The van der Waals surface area contributed by atoms with Crippen LogP contribution in [0.1, 0.15) is 11.5 Å². The van der Waals surface area contributed by atoms with Gasteiger partial charge in [0.15, 0.2) is 5.58 Å². The number of oxazole rings is 1. The molecule has 152 valence electrons. The van der Waals surface area contributed by atoms with Crippen LogP contribution in [0.2, 0.25) is 0 Å². The average Bonchev–Trinajstić information content (AvgIpc) is 3.29. The zero-order chi connectivity index (χ0) is 21.8. The molecule has 0 N–H and O–H groups in total. The summed E-state index contributed by atoms with van der Waals surface area (Å²) in [5.74, 6) is 0.334. The fraction of sp³-hybridized carbons (Fsp3) is 0. The van der Waals surface area contributed by atoms with E-state index in [-0.39, 0.29) is 0 Å². The first-order valence-electron chi connectivity index (χ1n) is 10.3. The SMILES string of the molecule is [C-]#[N+]C(=Cc1ccc(N(c2ccccc2)c2ccccc2)cc1)c1nc2ccccc2o1. The van der Waals surface area contributed by atoms with Crippen LogP contribution in [-0.2, 0) is 0 Å². The van der Waals surface area contributed by atoms with Gasteiger partial charge in [0.05, 0.1) is 6.57 Å². The molecular formula is C28H19N3O. The van der Waals surface area contributed by atoms with E-state index in [1.54, 1.807) is 6.08 Å². The van der Waals surface area contributed by atoms with Crippen LogP contribution in [0.25, 0.3) is 27.7 Å². The number of nitrogens with zero attached hydrogens (tertiary/aromatic N) is 3. The summed E-state index contributed by atoms with van der Waals surface area (Å²) >= 11 is 0. The first-order valence-corrected chi connectivity index (χ1v) is 10.3. The van der Waals surface area contributed by atoms with E-state index in [9.17, 15) is 0 Å². The van der Waals surface area contributed by atoms with Crippen molar-refractivity contribution in [3.05, 3.63) is 132 Å². The second-order valence-corrected chi connectivity index (χ2v) is 7.23. The molecule has 0 spiro atoms. The molecule has 32 heavy (non-hydrogen) atoms. The van der Waals surface area contributed by atoms with Crippen molar-refractivity contribution in [2.45, 2.75) is 0 Å². The quantitative estimate of drug-likeness (QED) is 0.277. The zero-order valence-electron chi connectivity index (χ0n) is 17.2. The topological polar surface area (TPSA) is 33.6 Å². The minimum absolute atomic E-state index is 0.334. The highest BCUT2D eigenvalue weighted by Gasteiger charge is 2.13. The van der Waals surface area contributed by atoms with Gasteiger partial charge in [0, 0.05) is 17.1 Å². The summed E-state index contributed by atoms with van der Waals surface area (Å²) in [6, 6.07) is 36.1. The zero-order valence-corrected chi connectivity index (χ0v) is 17.2. The minimum Gasteiger partial charge on any atom is -0.447 e. The standard InChI is InChI=1S/C28H19N3O/c1-29-26(28-30-25-14-8-9-15-27(25)32-28)20-21-16-18-24(19-17-21)31(22-10-4-2-5-11-22)23-12-6-3-7-13-23/h2-20H. The van der Waals surface area contributed by atoms with Crippen LogP contribution in [0.5, 0.6) is 0 Å². The smallest absolute Gasteiger partial charge is 0.248 e. The van der Waals surface area contributed by atoms with E-state index in [2.05, 4.69) is 51.1 Å². The van der Waals surface area contributed by atoms with Crippen molar-refractivity contribution < 1.29 is 4.42 Å². The van der Waals surface area contributed by atoms with Crippen LogP contribution < -0.4 is 4.90 Å². The molecule has 0 aliphatic rings. The lowest BCUT2D eigenvalue weighted by molar-refractivity contribution is 0.586. The highest BCUT2D eigenvalue weighted by Crippen LogP contribution is 2.34. The molecule has 5 rings (SSSR count). The van der Waals surface area contributed by atoms with E-state index in [0.29, 0.717) is 17.2 Å². The molecule has 0 amide bonds. The van der Waals surface area contributed by atoms with E-state index in [1.165, 1.54) is 0 Å². The van der Waals surface area contributed by atoms with Crippen molar-refractivity contribution in [1.29, 1.82) is 0 Å². The normalized spacial score (nSPS) is 11.3. The molecule has 1 heterocycles. The Labute approximate surface area is 186 Å². The lowest BCUT2D eigenvalue weighted by atomic mass is 10.1. The van der Waals surface area contributed by atoms with E-state index in [4.69, 9.17) is 11.0 Å². The summed E-state index contributed by atoms with van der Waals surface area (Å²) in [4.78, 5) is 10.3. The number of para-hydroxylation sites is 4. The fourth-order valence-electron chi connectivity index (χ4n) is 3.60. The van der Waals surface area contributed by atoms with Crippen molar-refractivity contribution in [2.24, 2.45) is 0 Å². The molecule has 0 unspecified atom stereocenters. The van der Waals surface area contributed by atoms with Gasteiger partial charge >= 0.3 is 0 Å². The van der Waals surface area contributed by atoms with Gasteiger partial charge < -0.3 is 9.32 Å². The first kappa shape index (κ1) is 19.3. The van der Waals surface area contributed by atoms with E-state index >= 15 is 0 Å².